The number of carboxylic acid groups (broad SMARTS) is 1. The fraction of sp³-hybridized carbons (Fsp3) is 0.600. The molecule has 0 saturated carbocycles. The molecule has 0 heterocycles. The third-order valence-electron chi connectivity index (χ3n) is 0.670. The fourth-order valence-corrected chi connectivity index (χ4v) is 0.317. The lowest BCUT2D eigenvalue weighted by Crippen LogP contribution is -1.93. The normalized spacial score (nSPS) is 10.1. The summed E-state index contributed by atoms with van der Waals surface area (Å²) in [5.74, 6) is -0.773. The van der Waals surface area contributed by atoms with Gasteiger partial charge >= 0.3 is 5.97 Å². The van der Waals surface area contributed by atoms with Gasteiger partial charge in [-0.1, -0.05) is 0 Å². The van der Waals surface area contributed by atoms with Gasteiger partial charge in [-0.25, -0.2) is 0 Å². The zero-order valence-electron chi connectivity index (χ0n) is 4.79. The van der Waals surface area contributed by atoms with Crippen molar-refractivity contribution in [2.45, 2.75) is 12.8 Å². The highest BCUT2D eigenvalue weighted by molar-refractivity contribution is 5.71. The Hall–Kier alpha value is -0.860. The SMILES string of the molecule is CN=CCCC(=O)O. The predicted octanol–water partition coefficient (Wildman–Crippen LogP) is 0.552. The molecule has 0 aromatic rings. The monoisotopic (exact) mass is 115 g/mol. The predicted molar refractivity (Wildman–Crippen MR) is 31.3 cm³/mol. The van der Waals surface area contributed by atoms with Crippen LogP contribution in [0.3, 0.4) is 0 Å². The quantitative estimate of drug-likeness (QED) is 0.546. The second kappa shape index (κ2) is 4.30. The van der Waals surface area contributed by atoms with Gasteiger partial charge in [-0.2, -0.15) is 0 Å². The highest BCUT2D eigenvalue weighted by Gasteiger charge is 1.90. The van der Waals surface area contributed by atoms with E-state index in [1.807, 2.05) is 0 Å². The molecule has 0 aliphatic carbocycles. The third-order valence-corrected chi connectivity index (χ3v) is 0.670. The van der Waals surface area contributed by atoms with Crippen LogP contribution in [0.15, 0.2) is 4.99 Å². The maximum absolute atomic E-state index is 9.81. The van der Waals surface area contributed by atoms with Crippen molar-refractivity contribution in [2.75, 3.05) is 7.05 Å². The highest BCUT2D eigenvalue weighted by atomic mass is 16.4. The summed E-state index contributed by atoms with van der Waals surface area (Å²) in [5.41, 5.74) is 0. The van der Waals surface area contributed by atoms with Crippen LogP contribution in [0.1, 0.15) is 12.8 Å². The van der Waals surface area contributed by atoms with E-state index in [1.54, 1.807) is 13.3 Å². The lowest BCUT2D eigenvalue weighted by molar-refractivity contribution is -0.136. The van der Waals surface area contributed by atoms with Crippen molar-refractivity contribution in [1.29, 1.82) is 0 Å². The number of hydrogen-bond donors (Lipinski definition) is 1. The van der Waals surface area contributed by atoms with Crippen molar-refractivity contribution in [3.63, 3.8) is 0 Å². The van der Waals surface area contributed by atoms with Gasteiger partial charge in [0, 0.05) is 7.05 Å². The van der Waals surface area contributed by atoms with Gasteiger partial charge < -0.3 is 10.1 Å². The lowest BCUT2D eigenvalue weighted by Gasteiger charge is -1.83. The second-order valence-corrected chi connectivity index (χ2v) is 1.37. The molecule has 0 spiro atoms. The Bertz CT molecular complexity index is 98.6. The van der Waals surface area contributed by atoms with Crippen LogP contribution in [-0.2, 0) is 4.79 Å². The molecule has 0 rings (SSSR count). The largest absolute Gasteiger partial charge is 0.481 e. The van der Waals surface area contributed by atoms with E-state index in [1.165, 1.54) is 0 Å². The van der Waals surface area contributed by atoms with Crippen LogP contribution in [-0.4, -0.2) is 24.3 Å². The Kier molecular flexibility index (Phi) is 3.84. The Morgan fingerprint density at radius 1 is 1.88 bits per heavy atom. The number of aliphatic imine (C=N–C) groups is 1. The number of aliphatic carboxylic acids is 1. The van der Waals surface area contributed by atoms with Crippen LogP contribution in [0.2, 0.25) is 0 Å². The molecule has 46 valence electrons. The molecule has 0 bridgehead atoms. The van der Waals surface area contributed by atoms with Crippen molar-refractivity contribution in [3.05, 3.63) is 0 Å². The van der Waals surface area contributed by atoms with Crippen LogP contribution < -0.4 is 0 Å². The zero-order chi connectivity index (χ0) is 6.41. The summed E-state index contributed by atoms with van der Waals surface area (Å²) in [4.78, 5) is 13.4. The Balaban J connectivity index is 3.05. The highest BCUT2D eigenvalue weighted by Crippen LogP contribution is 1.82. The molecule has 0 aromatic heterocycles. The fourth-order valence-electron chi connectivity index (χ4n) is 0.317. The maximum atomic E-state index is 9.81. The van der Waals surface area contributed by atoms with Crippen LogP contribution in [0.4, 0.5) is 0 Å². The molecule has 8 heavy (non-hydrogen) atoms. The van der Waals surface area contributed by atoms with Crippen LogP contribution >= 0.6 is 0 Å². The van der Waals surface area contributed by atoms with E-state index in [0.717, 1.165) is 0 Å². The summed E-state index contributed by atoms with van der Waals surface area (Å²) in [5, 5.41) is 8.08. The number of rotatable bonds is 3. The summed E-state index contributed by atoms with van der Waals surface area (Å²) >= 11 is 0. The molecule has 0 saturated heterocycles. The van der Waals surface area contributed by atoms with Gasteiger partial charge in [0.2, 0.25) is 0 Å². The minimum atomic E-state index is -0.773. The van der Waals surface area contributed by atoms with Gasteiger partial charge in [-0.15, -0.1) is 0 Å². The van der Waals surface area contributed by atoms with E-state index in [-0.39, 0.29) is 6.42 Å². The van der Waals surface area contributed by atoms with E-state index < -0.39 is 5.97 Å². The molecule has 0 aliphatic heterocycles. The number of hydrogen-bond acceptors (Lipinski definition) is 2. The Morgan fingerprint density at radius 3 is 2.88 bits per heavy atom. The van der Waals surface area contributed by atoms with Gasteiger partial charge in [0.25, 0.3) is 0 Å². The zero-order valence-corrected chi connectivity index (χ0v) is 4.79. The van der Waals surface area contributed by atoms with Crippen molar-refractivity contribution in [2.24, 2.45) is 4.99 Å². The van der Waals surface area contributed by atoms with Gasteiger partial charge in [0.1, 0.15) is 0 Å². The van der Waals surface area contributed by atoms with Gasteiger partial charge in [0.05, 0.1) is 6.42 Å². The smallest absolute Gasteiger partial charge is 0.303 e. The van der Waals surface area contributed by atoms with Crippen molar-refractivity contribution in [3.8, 4) is 0 Å². The Morgan fingerprint density at radius 2 is 2.50 bits per heavy atom. The average molecular weight is 115 g/mol. The number of nitrogens with zero attached hydrogens (tertiary/aromatic N) is 1. The minimum Gasteiger partial charge on any atom is -0.481 e. The molecule has 0 unspecified atom stereocenters. The average Bonchev–Trinajstić information content (AvgIpc) is 1.66. The Labute approximate surface area is 48.1 Å². The van der Waals surface area contributed by atoms with Crippen molar-refractivity contribution in [1.82, 2.24) is 0 Å². The van der Waals surface area contributed by atoms with Crippen molar-refractivity contribution < 1.29 is 9.90 Å². The molecule has 0 radical (unpaired) electrons. The first kappa shape index (κ1) is 7.14. The molecular weight excluding hydrogens is 106 g/mol. The topological polar surface area (TPSA) is 49.7 Å². The van der Waals surface area contributed by atoms with Gasteiger partial charge in [0.15, 0.2) is 0 Å². The summed E-state index contributed by atoms with van der Waals surface area (Å²) < 4.78 is 0. The lowest BCUT2D eigenvalue weighted by atomic mass is 10.3. The van der Waals surface area contributed by atoms with E-state index >= 15 is 0 Å². The summed E-state index contributed by atoms with van der Waals surface area (Å²) in [6.07, 6.45) is 2.30. The molecule has 0 fully saturated rings. The number of carbonyl (C=O) groups is 1. The molecule has 3 heteroatoms. The summed E-state index contributed by atoms with van der Waals surface area (Å²) in [7, 11) is 1.63. The summed E-state index contributed by atoms with van der Waals surface area (Å²) in [6, 6.07) is 0. The van der Waals surface area contributed by atoms with Gasteiger partial charge in [-0.05, 0) is 12.6 Å². The standard InChI is InChI=1S/C5H9NO2/c1-6-4-2-3-5(7)8/h4H,2-3H2,1H3,(H,7,8). The minimum absolute atomic E-state index is 0.178. The first-order valence-corrected chi connectivity index (χ1v) is 2.39. The van der Waals surface area contributed by atoms with Crippen LogP contribution in [0.5, 0.6) is 0 Å². The van der Waals surface area contributed by atoms with Crippen LogP contribution in [0.25, 0.3) is 0 Å². The molecule has 0 atom stereocenters. The first-order valence-electron chi connectivity index (χ1n) is 2.39. The molecule has 0 amide bonds. The van der Waals surface area contributed by atoms with Crippen molar-refractivity contribution >= 4 is 12.2 Å². The maximum Gasteiger partial charge on any atom is 0.303 e. The van der Waals surface area contributed by atoms with E-state index in [2.05, 4.69) is 4.99 Å². The van der Waals surface area contributed by atoms with E-state index in [0.29, 0.717) is 6.42 Å². The molecule has 3 nitrogen and oxygen atoms in total. The second-order valence-electron chi connectivity index (χ2n) is 1.37. The third kappa shape index (κ3) is 5.14. The molecule has 0 aliphatic rings. The van der Waals surface area contributed by atoms with Gasteiger partial charge in [-0.3, -0.25) is 4.79 Å². The van der Waals surface area contributed by atoms with E-state index in [9.17, 15) is 4.79 Å². The van der Waals surface area contributed by atoms with Crippen LogP contribution in [0, 0.1) is 0 Å². The molecule has 1 N–H and O–H groups in total. The molecular formula is C5H9NO2. The molecule has 0 aromatic carbocycles. The van der Waals surface area contributed by atoms with E-state index in [4.69, 9.17) is 5.11 Å². The first-order chi connectivity index (χ1) is 3.77. The summed E-state index contributed by atoms with van der Waals surface area (Å²) in [6.45, 7) is 0. The number of carboxylic acids is 1.